The standard InChI is InChI=1S/C15H13F3N2O2/c16-15(17,18)12-5-1-3-10(7-12)9-22-13-6-2-4-11(8-13)14(21)20-19/h1-8H,9,19H2,(H,20,21). The van der Waals surface area contributed by atoms with Crippen molar-refractivity contribution in [3.05, 3.63) is 65.2 Å². The molecule has 0 radical (unpaired) electrons. The third kappa shape index (κ3) is 3.98. The smallest absolute Gasteiger partial charge is 0.416 e. The average Bonchev–Trinajstić information content (AvgIpc) is 2.52. The fourth-order valence-electron chi connectivity index (χ4n) is 1.81. The Morgan fingerprint density at radius 1 is 1.14 bits per heavy atom. The Kier molecular flexibility index (Phi) is 4.67. The highest BCUT2D eigenvalue weighted by Crippen LogP contribution is 2.29. The van der Waals surface area contributed by atoms with E-state index in [0.717, 1.165) is 12.1 Å². The predicted molar refractivity (Wildman–Crippen MR) is 73.9 cm³/mol. The van der Waals surface area contributed by atoms with E-state index in [9.17, 15) is 18.0 Å². The van der Waals surface area contributed by atoms with Gasteiger partial charge in [-0.3, -0.25) is 10.2 Å². The van der Waals surface area contributed by atoms with Crippen molar-refractivity contribution in [3.8, 4) is 5.75 Å². The van der Waals surface area contributed by atoms with Crippen LogP contribution >= 0.6 is 0 Å². The van der Waals surface area contributed by atoms with Crippen molar-refractivity contribution in [1.82, 2.24) is 5.43 Å². The van der Waals surface area contributed by atoms with Gasteiger partial charge in [0.25, 0.3) is 5.91 Å². The van der Waals surface area contributed by atoms with Crippen LogP contribution in [0.3, 0.4) is 0 Å². The van der Waals surface area contributed by atoms with E-state index >= 15 is 0 Å². The van der Waals surface area contributed by atoms with Crippen LogP contribution in [0.5, 0.6) is 5.75 Å². The fraction of sp³-hybridized carbons (Fsp3) is 0.133. The van der Waals surface area contributed by atoms with Crippen LogP contribution in [0.1, 0.15) is 21.5 Å². The molecule has 0 spiro atoms. The number of rotatable bonds is 4. The molecule has 2 rings (SSSR count). The fourth-order valence-corrected chi connectivity index (χ4v) is 1.81. The molecule has 0 bridgehead atoms. The van der Waals surface area contributed by atoms with Gasteiger partial charge < -0.3 is 4.74 Å². The molecule has 22 heavy (non-hydrogen) atoms. The summed E-state index contributed by atoms with van der Waals surface area (Å²) < 4.78 is 43.3. The molecule has 116 valence electrons. The number of hydrogen-bond donors (Lipinski definition) is 2. The van der Waals surface area contributed by atoms with Gasteiger partial charge in [-0.1, -0.05) is 18.2 Å². The molecule has 0 saturated heterocycles. The topological polar surface area (TPSA) is 64.3 Å². The number of nitrogens with one attached hydrogen (secondary N) is 1. The summed E-state index contributed by atoms with van der Waals surface area (Å²) in [6.45, 7) is -0.0440. The number of nitrogens with two attached hydrogens (primary N) is 1. The quantitative estimate of drug-likeness (QED) is 0.518. The number of hydrazine groups is 1. The van der Waals surface area contributed by atoms with Gasteiger partial charge in [0.15, 0.2) is 0 Å². The Balaban J connectivity index is 2.09. The number of carbonyl (C=O) groups is 1. The van der Waals surface area contributed by atoms with E-state index in [1.54, 1.807) is 18.2 Å². The lowest BCUT2D eigenvalue weighted by Gasteiger charge is -2.10. The van der Waals surface area contributed by atoms with E-state index in [1.807, 2.05) is 5.43 Å². The molecular weight excluding hydrogens is 297 g/mol. The minimum absolute atomic E-state index is 0.0440. The van der Waals surface area contributed by atoms with Gasteiger partial charge in [-0.15, -0.1) is 0 Å². The summed E-state index contributed by atoms with van der Waals surface area (Å²) in [7, 11) is 0. The Hall–Kier alpha value is -2.54. The van der Waals surface area contributed by atoms with Crippen molar-refractivity contribution in [3.63, 3.8) is 0 Å². The zero-order valence-corrected chi connectivity index (χ0v) is 11.4. The molecule has 4 nitrogen and oxygen atoms in total. The predicted octanol–water partition coefficient (Wildman–Crippen LogP) is 2.89. The number of benzene rings is 2. The number of halogens is 3. The molecule has 0 aromatic heterocycles. The molecule has 0 saturated carbocycles. The van der Waals surface area contributed by atoms with Gasteiger partial charge in [0, 0.05) is 5.56 Å². The van der Waals surface area contributed by atoms with Crippen molar-refractivity contribution in [2.45, 2.75) is 12.8 Å². The number of carbonyl (C=O) groups excluding carboxylic acids is 1. The zero-order valence-electron chi connectivity index (χ0n) is 11.4. The summed E-state index contributed by atoms with van der Waals surface area (Å²) in [5, 5.41) is 0. The molecule has 0 aliphatic rings. The van der Waals surface area contributed by atoms with Gasteiger partial charge in [-0.2, -0.15) is 13.2 Å². The maximum Gasteiger partial charge on any atom is 0.416 e. The lowest BCUT2D eigenvalue weighted by Crippen LogP contribution is -2.29. The van der Waals surface area contributed by atoms with Crippen molar-refractivity contribution in [2.75, 3.05) is 0 Å². The van der Waals surface area contributed by atoms with Crippen LogP contribution in [0, 0.1) is 0 Å². The number of alkyl halides is 3. The maximum absolute atomic E-state index is 12.6. The molecule has 0 atom stereocenters. The summed E-state index contributed by atoms with van der Waals surface area (Å²) in [5.74, 6) is 4.91. The Morgan fingerprint density at radius 2 is 1.86 bits per heavy atom. The molecule has 7 heteroatoms. The normalized spacial score (nSPS) is 11.1. The lowest BCUT2D eigenvalue weighted by molar-refractivity contribution is -0.137. The van der Waals surface area contributed by atoms with Gasteiger partial charge >= 0.3 is 6.18 Å². The van der Waals surface area contributed by atoms with E-state index < -0.39 is 17.6 Å². The first kappa shape index (κ1) is 15.8. The highest BCUT2D eigenvalue weighted by Gasteiger charge is 2.30. The molecule has 2 aromatic rings. The van der Waals surface area contributed by atoms with Crippen LogP contribution < -0.4 is 16.0 Å². The number of amides is 1. The summed E-state index contributed by atoms with van der Waals surface area (Å²) in [4.78, 5) is 11.4. The second kappa shape index (κ2) is 6.48. The van der Waals surface area contributed by atoms with Crippen LogP contribution in [0.15, 0.2) is 48.5 Å². The van der Waals surface area contributed by atoms with Gasteiger partial charge in [0.2, 0.25) is 0 Å². The average molecular weight is 310 g/mol. The van der Waals surface area contributed by atoms with Crippen molar-refractivity contribution < 1.29 is 22.7 Å². The Bertz CT molecular complexity index is 672. The minimum Gasteiger partial charge on any atom is -0.489 e. The van der Waals surface area contributed by atoms with Gasteiger partial charge in [0.1, 0.15) is 12.4 Å². The summed E-state index contributed by atoms with van der Waals surface area (Å²) in [6.07, 6.45) is -4.39. The summed E-state index contributed by atoms with van der Waals surface area (Å²) in [6, 6.07) is 11.1. The first-order valence-corrected chi connectivity index (χ1v) is 6.30. The van der Waals surface area contributed by atoms with Crippen molar-refractivity contribution >= 4 is 5.91 Å². The molecule has 1 amide bonds. The molecule has 0 aliphatic heterocycles. The van der Waals surface area contributed by atoms with Gasteiger partial charge in [-0.25, -0.2) is 5.84 Å². The van der Waals surface area contributed by atoms with E-state index in [-0.39, 0.29) is 6.61 Å². The maximum atomic E-state index is 12.6. The molecular formula is C15H13F3N2O2. The second-order valence-electron chi connectivity index (χ2n) is 4.49. The van der Waals surface area contributed by atoms with E-state index in [1.165, 1.54) is 18.2 Å². The van der Waals surface area contributed by atoms with Crippen molar-refractivity contribution in [2.24, 2.45) is 5.84 Å². The molecule has 3 N–H and O–H groups in total. The molecule has 0 unspecified atom stereocenters. The second-order valence-corrected chi connectivity index (χ2v) is 4.49. The van der Waals surface area contributed by atoms with Gasteiger partial charge in [-0.05, 0) is 35.9 Å². The first-order chi connectivity index (χ1) is 10.4. The molecule has 0 fully saturated rings. The van der Waals surface area contributed by atoms with Crippen LogP contribution in [0.2, 0.25) is 0 Å². The summed E-state index contributed by atoms with van der Waals surface area (Å²) in [5.41, 5.74) is 1.93. The SMILES string of the molecule is NNC(=O)c1cccc(OCc2cccc(C(F)(F)F)c2)c1. The Morgan fingerprint density at radius 3 is 2.55 bits per heavy atom. The first-order valence-electron chi connectivity index (χ1n) is 6.30. The minimum atomic E-state index is -4.39. The van der Waals surface area contributed by atoms with Gasteiger partial charge in [0.05, 0.1) is 5.56 Å². The van der Waals surface area contributed by atoms with Crippen LogP contribution in [0.25, 0.3) is 0 Å². The van der Waals surface area contributed by atoms with E-state index in [2.05, 4.69) is 0 Å². The largest absolute Gasteiger partial charge is 0.489 e. The number of ether oxygens (including phenoxy) is 1. The third-order valence-electron chi connectivity index (χ3n) is 2.89. The van der Waals surface area contributed by atoms with Crippen LogP contribution in [-0.4, -0.2) is 5.91 Å². The van der Waals surface area contributed by atoms with E-state index in [0.29, 0.717) is 16.9 Å². The monoisotopic (exact) mass is 310 g/mol. The Labute approximate surface area is 124 Å². The molecule has 0 heterocycles. The number of nitrogen functional groups attached to an aromatic ring is 1. The lowest BCUT2D eigenvalue weighted by atomic mass is 10.1. The highest BCUT2D eigenvalue weighted by molar-refractivity contribution is 5.94. The molecule has 2 aromatic carbocycles. The number of hydrogen-bond acceptors (Lipinski definition) is 3. The van der Waals surface area contributed by atoms with Crippen LogP contribution in [0.4, 0.5) is 13.2 Å². The van der Waals surface area contributed by atoms with Crippen LogP contribution in [-0.2, 0) is 12.8 Å². The van der Waals surface area contributed by atoms with E-state index in [4.69, 9.17) is 10.6 Å². The van der Waals surface area contributed by atoms with Crippen molar-refractivity contribution in [1.29, 1.82) is 0 Å². The third-order valence-corrected chi connectivity index (χ3v) is 2.89. The molecule has 0 aliphatic carbocycles. The highest BCUT2D eigenvalue weighted by atomic mass is 19.4. The summed E-state index contributed by atoms with van der Waals surface area (Å²) >= 11 is 0. The zero-order chi connectivity index (χ0) is 16.2.